The third-order valence-electron chi connectivity index (χ3n) is 1.50. The summed E-state index contributed by atoms with van der Waals surface area (Å²) in [6, 6.07) is 3.55. The van der Waals surface area contributed by atoms with Gasteiger partial charge in [0.1, 0.15) is 5.69 Å². The fourth-order valence-electron chi connectivity index (χ4n) is 1.03. The van der Waals surface area contributed by atoms with Crippen LogP contribution in [-0.4, -0.2) is 9.81 Å². The maximum Gasteiger partial charge on any atom is 0.268 e. The van der Waals surface area contributed by atoms with Gasteiger partial charge in [-0.3, -0.25) is 4.79 Å². The number of halogens is 1. The molecule has 0 aromatic carbocycles. The summed E-state index contributed by atoms with van der Waals surface area (Å²) >= 11 is 5.33. The Bertz CT molecular complexity index is 254. The molecule has 0 fully saturated rings. The zero-order valence-corrected chi connectivity index (χ0v) is 7.14. The fraction of sp³-hybridized carbons (Fsp3) is 0.375. The molecule has 0 unspecified atom stereocenters. The lowest BCUT2D eigenvalue weighted by Crippen LogP contribution is -2.03. The van der Waals surface area contributed by atoms with Crippen molar-refractivity contribution in [2.75, 3.05) is 0 Å². The van der Waals surface area contributed by atoms with Crippen molar-refractivity contribution in [3.05, 3.63) is 24.0 Å². The van der Waals surface area contributed by atoms with Crippen molar-refractivity contribution in [3.63, 3.8) is 0 Å². The molecule has 3 heteroatoms. The summed E-state index contributed by atoms with van der Waals surface area (Å²) in [6.45, 7) is 2.91. The van der Waals surface area contributed by atoms with Crippen LogP contribution in [0, 0.1) is 0 Å². The van der Waals surface area contributed by atoms with Crippen LogP contribution in [0.5, 0.6) is 0 Å². The number of hydrogen-bond donors (Lipinski definition) is 0. The van der Waals surface area contributed by atoms with Gasteiger partial charge in [-0.2, -0.15) is 0 Å². The minimum Gasteiger partial charge on any atom is -0.344 e. The SMILES string of the molecule is CCCn1cccc1C(=O)Cl. The quantitative estimate of drug-likeness (QED) is 0.640. The van der Waals surface area contributed by atoms with Crippen molar-refractivity contribution in [1.29, 1.82) is 0 Å². The highest BCUT2D eigenvalue weighted by molar-refractivity contribution is 6.67. The van der Waals surface area contributed by atoms with E-state index in [-0.39, 0.29) is 5.24 Å². The number of aryl methyl sites for hydroxylation is 1. The summed E-state index contributed by atoms with van der Waals surface area (Å²) in [6.07, 6.45) is 2.87. The van der Waals surface area contributed by atoms with Crippen LogP contribution >= 0.6 is 11.6 Å². The van der Waals surface area contributed by atoms with Gasteiger partial charge in [0, 0.05) is 12.7 Å². The first kappa shape index (κ1) is 8.34. The predicted molar refractivity (Wildman–Crippen MR) is 44.9 cm³/mol. The molecule has 0 aliphatic heterocycles. The van der Waals surface area contributed by atoms with Crippen LogP contribution in [0.25, 0.3) is 0 Å². The van der Waals surface area contributed by atoms with Gasteiger partial charge < -0.3 is 4.57 Å². The first-order valence-electron chi connectivity index (χ1n) is 3.60. The van der Waals surface area contributed by atoms with E-state index in [0.29, 0.717) is 5.69 Å². The Morgan fingerprint density at radius 1 is 1.73 bits per heavy atom. The standard InChI is InChI=1S/C8H10ClNO/c1-2-5-10-6-3-4-7(10)8(9)11/h3-4,6H,2,5H2,1H3. The van der Waals surface area contributed by atoms with Gasteiger partial charge in [-0.15, -0.1) is 0 Å². The Kier molecular flexibility index (Phi) is 2.71. The number of rotatable bonds is 3. The molecule has 0 aliphatic rings. The second-order valence-electron chi connectivity index (χ2n) is 2.36. The maximum absolute atomic E-state index is 10.7. The average Bonchev–Trinajstić information content (AvgIpc) is 2.36. The van der Waals surface area contributed by atoms with Gasteiger partial charge in [-0.05, 0) is 30.2 Å². The molecule has 0 N–H and O–H groups in total. The smallest absolute Gasteiger partial charge is 0.268 e. The Morgan fingerprint density at radius 2 is 2.45 bits per heavy atom. The van der Waals surface area contributed by atoms with Gasteiger partial charge in [0.15, 0.2) is 0 Å². The van der Waals surface area contributed by atoms with Crippen LogP contribution in [0.4, 0.5) is 0 Å². The van der Waals surface area contributed by atoms with Gasteiger partial charge >= 0.3 is 0 Å². The van der Waals surface area contributed by atoms with E-state index in [2.05, 4.69) is 6.92 Å². The number of nitrogens with zero attached hydrogens (tertiary/aromatic N) is 1. The van der Waals surface area contributed by atoms with Crippen LogP contribution in [0.15, 0.2) is 18.3 Å². The van der Waals surface area contributed by atoms with E-state index in [1.54, 1.807) is 6.07 Å². The van der Waals surface area contributed by atoms with Crippen molar-refractivity contribution in [2.24, 2.45) is 0 Å². The minimum atomic E-state index is -0.386. The molecule has 11 heavy (non-hydrogen) atoms. The number of carbonyl (C=O) groups is 1. The molecule has 1 rings (SSSR count). The van der Waals surface area contributed by atoms with Crippen LogP contribution < -0.4 is 0 Å². The lowest BCUT2D eigenvalue weighted by atomic mass is 10.4. The predicted octanol–water partition coefficient (Wildman–Crippen LogP) is 2.28. The Morgan fingerprint density at radius 3 is 3.00 bits per heavy atom. The Labute approximate surface area is 70.8 Å². The lowest BCUT2D eigenvalue weighted by Gasteiger charge is -2.02. The minimum absolute atomic E-state index is 0.386. The first-order valence-corrected chi connectivity index (χ1v) is 3.98. The van der Waals surface area contributed by atoms with E-state index in [9.17, 15) is 4.79 Å². The molecule has 0 radical (unpaired) electrons. The van der Waals surface area contributed by atoms with E-state index in [0.717, 1.165) is 13.0 Å². The summed E-state index contributed by atoms with van der Waals surface area (Å²) < 4.78 is 1.86. The zero-order valence-electron chi connectivity index (χ0n) is 6.38. The highest BCUT2D eigenvalue weighted by Crippen LogP contribution is 2.06. The summed E-state index contributed by atoms with van der Waals surface area (Å²) in [5.41, 5.74) is 0.577. The van der Waals surface area contributed by atoms with E-state index in [1.165, 1.54) is 0 Å². The van der Waals surface area contributed by atoms with Crippen LogP contribution in [0.1, 0.15) is 23.8 Å². The molecule has 0 saturated carbocycles. The average molecular weight is 172 g/mol. The van der Waals surface area contributed by atoms with Crippen molar-refractivity contribution >= 4 is 16.8 Å². The number of hydrogen-bond acceptors (Lipinski definition) is 1. The van der Waals surface area contributed by atoms with E-state index in [1.807, 2.05) is 16.8 Å². The third-order valence-corrected chi connectivity index (χ3v) is 1.69. The van der Waals surface area contributed by atoms with Gasteiger partial charge in [-0.25, -0.2) is 0 Å². The maximum atomic E-state index is 10.7. The zero-order chi connectivity index (χ0) is 8.27. The Balaban J connectivity index is 2.87. The molecule has 60 valence electrons. The molecule has 0 bridgehead atoms. The van der Waals surface area contributed by atoms with E-state index in [4.69, 9.17) is 11.6 Å². The summed E-state index contributed by atoms with van der Waals surface area (Å²) in [7, 11) is 0. The molecule has 0 amide bonds. The molecule has 0 aliphatic carbocycles. The van der Waals surface area contributed by atoms with Crippen molar-refractivity contribution in [3.8, 4) is 0 Å². The summed E-state index contributed by atoms with van der Waals surface area (Å²) in [5, 5.41) is -0.386. The largest absolute Gasteiger partial charge is 0.344 e. The summed E-state index contributed by atoms with van der Waals surface area (Å²) in [5.74, 6) is 0. The Hall–Kier alpha value is -0.760. The van der Waals surface area contributed by atoms with Gasteiger partial charge in [0.25, 0.3) is 5.24 Å². The molecule has 0 atom stereocenters. The topological polar surface area (TPSA) is 22.0 Å². The molecular formula is C8H10ClNO. The molecule has 0 spiro atoms. The van der Waals surface area contributed by atoms with Crippen molar-refractivity contribution < 1.29 is 4.79 Å². The third kappa shape index (κ3) is 1.84. The van der Waals surface area contributed by atoms with E-state index >= 15 is 0 Å². The molecule has 1 aromatic heterocycles. The lowest BCUT2D eigenvalue weighted by molar-refractivity contribution is 0.107. The van der Waals surface area contributed by atoms with Gasteiger partial charge in [-0.1, -0.05) is 6.92 Å². The normalized spacial score (nSPS) is 10.0. The van der Waals surface area contributed by atoms with E-state index < -0.39 is 0 Å². The number of carbonyl (C=O) groups excluding carboxylic acids is 1. The highest BCUT2D eigenvalue weighted by Gasteiger charge is 2.05. The number of aromatic nitrogens is 1. The van der Waals surface area contributed by atoms with Gasteiger partial charge in [0.2, 0.25) is 0 Å². The van der Waals surface area contributed by atoms with Crippen LogP contribution in [-0.2, 0) is 6.54 Å². The van der Waals surface area contributed by atoms with Crippen molar-refractivity contribution in [1.82, 2.24) is 4.57 Å². The van der Waals surface area contributed by atoms with Crippen LogP contribution in [0.3, 0.4) is 0 Å². The van der Waals surface area contributed by atoms with Crippen LogP contribution in [0.2, 0.25) is 0 Å². The highest BCUT2D eigenvalue weighted by atomic mass is 35.5. The second-order valence-corrected chi connectivity index (χ2v) is 2.70. The fourth-order valence-corrected chi connectivity index (χ4v) is 1.20. The molecule has 1 aromatic rings. The second kappa shape index (κ2) is 3.58. The molecule has 2 nitrogen and oxygen atoms in total. The summed E-state index contributed by atoms with van der Waals surface area (Å²) in [4.78, 5) is 10.7. The van der Waals surface area contributed by atoms with Crippen molar-refractivity contribution in [2.45, 2.75) is 19.9 Å². The molecular weight excluding hydrogens is 162 g/mol. The molecule has 0 saturated heterocycles. The first-order chi connectivity index (χ1) is 5.25. The molecule has 1 heterocycles. The van der Waals surface area contributed by atoms with Gasteiger partial charge in [0.05, 0.1) is 0 Å². The monoisotopic (exact) mass is 171 g/mol.